The minimum absolute atomic E-state index is 0.146. The monoisotopic (exact) mass is 167 g/mol. The van der Waals surface area contributed by atoms with Crippen LogP contribution in [0, 0.1) is 4.91 Å². The van der Waals surface area contributed by atoms with Crippen molar-refractivity contribution in [1.82, 2.24) is 0 Å². The molecule has 0 unspecified atom stereocenters. The first-order chi connectivity index (χ1) is 5.88. The predicted molar refractivity (Wildman–Crippen MR) is 43.6 cm³/mol. The highest BCUT2D eigenvalue weighted by molar-refractivity contribution is 5.32. The van der Waals surface area contributed by atoms with Crippen LogP contribution < -0.4 is 4.74 Å². The lowest BCUT2D eigenvalue weighted by Gasteiger charge is -2.04. The second-order valence-electron chi connectivity index (χ2n) is 2.16. The molecule has 0 aliphatic carbocycles. The Morgan fingerprint density at radius 2 is 2.17 bits per heavy atom. The van der Waals surface area contributed by atoms with Crippen LogP contribution in [0.2, 0.25) is 0 Å². The van der Waals surface area contributed by atoms with Crippen LogP contribution >= 0.6 is 0 Å². The summed E-state index contributed by atoms with van der Waals surface area (Å²) >= 11 is 0. The van der Waals surface area contributed by atoms with Crippen LogP contribution in [0.5, 0.6) is 5.75 Å². The average molecular weight is 167 g/mol. The van der Waals surface area contributed by atoms with Gasteiger partial charge in [0, 0.05) is 5.56 Å². The number of rotatable bonds is 4. The van der Waals surface area contributed by atoms with E-state index in [2.05, 4.69) is 10.2 Å². The van der Waals surface area contributed by atoms with Crippen molar-refractivity contribution in [3.8, 4) is 5.75 Å². The molecule has 64 valence electrons. The Labute approximate surface area is 70.0 Å². The average Bonchev–Trinajstić information content (AvgIpc) is 2.15. The third-order valence-electron chi connectivity index (χ3n) is 1.47. The summed E-state index contributed by atoms with van der Waals surface area (Å²) in [4.78, 5) is 14.0. The van der Waals surface area contributed by atoms with Crippen LogP contribution in [-0.2, 0) is 11.4 Å². The molecule has 0 saturated heterocycles. The van der Waals surface area contributed by atoms with Gasteiger partial charge in [-0.1, -0.05) is 18.2 Å². The quantitative estimate of drug-likeness (QED) is 0.508. The second-order valence-corrected chi connectivity index (χ2v) is 2.16. The number of hydrogen-bond acceptors (Lipinski definition) is 4. The van der Waals surface area contributed by atoms with Crippen molar-refractivity contribution in [1.29, 1.82) is 0 Å². The van der Waals surface area contributed by atoms with Gasteiger partial charge in [-0.05, 0) is 6.07 Å². The zero-order valence-corrected chi connectivity index (χ0v) is 6.69. The van der Waals surface area contributed by atoms with E-state index >= 15 is 0 Å². The van der Waals surface area contributed by atoms with Crippen LogP contribution in [0.1, 0.15) is 5.56 Å². The first-order valence-electron chi connectivity index (χ1n) is 3.45. The Balaban J connectivity index is 2.74. The van der Waals surface area contributed by atoms with Crippen molar-refractivity contribution < 1.29 is 9.57 Å². The summed E-state index contributed by atoms with van der Waals surface area (Å²) in [6.07, 6.45) is 0. The van der Waals surface area contributed by atoms with Gasteiger partial charge in [-0.15, -0.1) is 4.91 Å². The Kier molecular flexibility index (Phi) is 3.07. The Hall–Kier alpha value is -1.58. The van der Waals surface area contributed by atoms with Crippen LogP contribution in [0.4, 0.5) is 0 Å². The lowest BCUT2D eigenvalue weighted by molar-refractivity contribution is 0.124. The Morgan fingerprint density at radius 1 is 1.42 bits per heavy atom. The van der Waals surface area contributed by atoms with E-state index in [9.17, 15) is 4.91 Å². The van der Waals surface area contributed by atoms with Gasteiger partial charge in [0.1, 0.15) is 12.4 Å². The number of methoxy groups -OCH3 is 1. The van der Waals surface area contributed by atoms with E-state index < -0.39 is 0 Å². The standard InChI is InChI=1S/C8H9NO3/c1-11-8-5-3-2-4-7(8)6-12-9-10/h2-5H,6H2,1H3. The summed E-state index contributed by atoms with van der Waals surface area (Å²) in [6.45, 7) is 0.146. The van der Waals surface area contributed by atoms with E-state index in [4.69, 9.17) is 4.74 Å². The topological polar surface area (TPSA) is 47.9 Å². The van der Waals surface area contributed by atoms with E-state index in [1.165, 1.54) is 0 Å². The third kappa shape index (κ3) is 1.95. The summed E-state index contributed by atoms with van der Waals surface area (Å²) in [6, 6.07) is 7.29. The summed E-state index contributed by atoms with van der Waals surface area (Å²) in [5, 5.41) is 2.30. The molecule has 0 radical (unpaired) electrons. The van der Waals surface area contributed by atoms with Crippen molar-refractivity contribution in [2.45, 2.75) is 6.61 Å². The Morgan fingerprint density at radius 3 is 2.83 bits per heavy atom. The molecule has 0 bridgehead atoms. The van der Waals surface area contributed by atoms with E-state index in [1.54, 1.807) is 13.2 Å². The zero-order chi connectivity index (χ0) is 8.81. The molecule has 0 aliphatic rings. The van der Waals surface area contributed by atoms with Crippen LogP contribution in [0.3, 0.4) is 0 Å². The molecule has 0 saturated carbocycles. The fraction of sp³-hybridized carbons (Fsp3) is 0.250. The third-order valence-corrected chi connectivity index (χ3v) is 1.47. The lowest BCUT2D eigenvalue weighted by atomic mass is 10.2. The maximum atomic E-state index is 9.66. The SMILES string of the molecule is COc1ccccc1CON=O. The van der Waals surface area contributed by atoms with Crippen LogP contribution in [-0.4, -0.2) is 7.11 Å². The van der Waals surface area contributed by atoms with E-state index in [0.717, 1.165) is 5.56 Å². The van der Waals surface area contributed by atoms with Crippen molar-refractivity contribution in [3.05, 3.63) is 34.7 Å². The van der Waals surface area contributed by atoms with Gasteiger partial charge in [-0.2, -0.15) is 0 Å². The highest BCUT2D eigenvalue weighted by atomic mass is 16.7. The zero-order valence-electron chi connectivity index (χ0n) is 6.69. The molecule has 1 rings (SSSR count). The molecule has 0 atom stereocenters. The minimum atomic E-state index is 0.146. The molecule has 1 aromatic rings. The van der Waals surface area contributed by atoms with E-state index in [1.807, 2.05) is 18.2 Å². The van der Waals surface area contributed by atoms with Crippen molar-refractivity contribution in [3.63, 3.8) is 0 Å². The maximum absolute atomic E-state index is 9.66. The fourth-order valence-corrected chi connectivity index (χ4v) is 0.918. The smallest absolute Gasteiger partial charge is 0.155 e. The summed E-state index contributed by atoms with van der Waals surface area (Å²) in [5.74, 6) is 0.696. The lowest BCUT2D eigenvalue weighted by Crippen LogP contribution is -1.92. The highest BCUT2D eigenvalue weighted by Crippen LogP contribution is 2.17. The highest BCUT2D eigenvalue weighted by Gasteiger charge is 2.00. The van der Waals surface area contributed by atoms with Gasteiger partial charge in [-0.3, -0.25) is 0 Å². The van der Waals surface area contributed by atoms with Crippen molar-refractivity contribution in [2.75, 3.05) is 7.11 Å². The first-order valence-corrected chi connectivity index (χ1v) is 3.45. The molecular formula is C8H9NO3. The molecule has 0 amide bonds. The largest absolute Gasteiger partial charge is 0.496 e. The van der Waals surface area contributed by atoms with Gasteiger partial charge >= 0.3 is 0 Å². The molecule has 0 fully saturated rings. The number of hydrogen-bond donors (Lipinski definition) is 0. The molecule has 4 nitrogen and oxygen atoms in total. The van der Waals surface area contributed by atoms with Crippen LogP contribution in [0.25, 0.3) is 0 Å². The number of nitrogens with zero attached hydrogens (tertiary/aromatic N) is 1. The molecule has 0 aromatic heterocycles. The molecule has 1 aromatic carbocycles. The summed E-state index contributed by atoms with van der Waals surface area (Å²) in [5.41, 5.74) is 0.805. The number of ether oxygens (including phenoxy) is 1. The molecule has 0 N–H and O–H groups in total. The predicted octanol–water partition coefficient (Wildman–Crippen LogP) is 1.89. The summed E-state index contributed by atoms with van der Waals surface area (Å²) in [7, 11) is 1.56. The molecular weight excluding hydrogens is 158 g/mol. The van der Waals surface area contributed by atoms with Gasteiger partial charge in [-0.25, -0.2) is 0 Å². The maximum Gasteiger partial charge on any atom is 0.155 e. The molecule has 4 heteroatoms. The van der Waals surface area contributed by atoms with Gasteiger partial charge in [0.25, 0.3) is 0 Å². The van der Waals surface area contributed by atoms with Crippen molar-refractivity contribution in [2.24, 2.45) is 5.34 Å². The molecule has 0 spiro atoms. The minimum Gasteiger partial charge on any atom is -0.496 e. The van der Waals surface area contributed by atoms with Gasteiger partial charge in [0.05, 0.1) is 7.11 Å². The fourth-order valence-electron chi connectivity index (χ4n) is 0.918. The summed E-state index contributed by atoms with van der Waals surface area (Å²) < 4.78 is 5.02. The molecule has 0 aliphatic heterocycles. The van der Waals surface area contributed by atoms with Crippen LogP contribution in [0.15, 0.2) is 29.6 Å². The van der Waals surface area contributed by atoms with Gasteiger partial charge in [0.15, 0.2) is 5.34 Å². The molecule has 12 heavy (non-hydrogen) atoms. The van der Waals surface area contributed by atoms with Gasteiger partial charge < -0.3 is 9.57 Å². The van der Waals surface area contributed by atoms with E-state index in [0.29, 0.717) is 5.75 Å². The second kappa shape index (κ2) is 4.33. The van der Waals surface area contributed by atoms with Gasteiger partial charge in [0.2, 0.25) is 0 Å². The first kappa shape index (κ1) is 8.52. The number of benzene rings is 1. The normalized spacial score (nSPS) is 9.08. The van der Waals surface area contributed by atoms with E-state index in [-0.39, 0.29) is 6.61 Å². The Bertz CT molecular complexity index is 262. The van der Waals surface area contributed by atoms with Crippen molar-refractivity contribution >= 4 is 0 Å². The number of para-hydroxylation sites is 1. The molecule has 0 heterocycles.